The van der Waals surface area contributed by atoms with E-state index in [1.165, 1.54) is 0 Å². The molecule has 0 spiro atoms. The largest absolute Gasteiger partial charge is 0.461 e. The first-order valence-electron chi connectivity index (χ1n) is 6.49. The van der Waals surface area contributed by atoms with E-state index in [0.29, 0.717) is 5.56 Å². The fourth-order valence-electron chi connectivity index (χ4n) is 1.93. The Morgan fingerprint density at radius 1 is 1.24 bits per heavy atom. The summed E-state index contributed by atoms with van der Waals surface area (Å²) in [4.78, 5) is 21.8. The molecule has 0 amide bonds. The van der Waals surface area contributed by atoms with E-state index in [9.17, 15) is 14.0 Å². The van der Waals surface area contributed by atoms with E-state index in [2.05, 4.69) is 15.9 Å². The summed E-state index contributed by atoms with van der Waals surface area (Å²) in [5.74, 6) is -0.466. The number of rotatable bonds is 6. The average Bonchev–Trinajstić information content (AvgIpc) is 2.51. The molecule has 0 radical (unpaired) electrons. The van der Waals surface area contributed by atoms with Gasteiger partial charge < -0.3 is 9.53 Å². The molecule has 110 valence electrons. The topological polar surface area (TPSA) is 43.4 Å². The van der Waals surface area contributed by atoms with Gasteiger partial charge in [0.15, 0.2) is 12.5 Å². The Balaban J connectivity index is 1.97. The maximum atomic E-state index is 12.9. The molecule has 0 saturated heterocycles. The predicted molar refractivity (Wildman–Crippen MR) is 82.5 cm³/mol. The molecule has 2 aromatic carbocycles. The Bertz CT molecular complexity index is 644. The van der Waals surface area contributed by atoms with Gasteiger partial charge in [0, 0.05) is 6.42 Å². The quantitative estimate of drug-likeness (QED) is 0.452. The van der Waals surface area contributed by atoms with Crippen LogP contribution in [0.4, 0.5) is 4.39 Å². The lowest BCUT2D eigenvalue weighted by Crippen LogP contribution is -2.18. The van der Waals surface area contributed by atoms with Crippen LogP contribution < -0.4 is 0 Å². The number of benzene rings is 2. The second-order valence-corrected chi connectivity index (χ2v) is 5.94. The molecule has 2 atom stereocenters. The van der Waals surface area contributed by atoms with Crippen molar-refractivity contribution >= 4 is 39.0 Å². The van der Waals surface area contributed by atoms with Gasteiger partial charge in [-0.2, -0.15) is 0 Å². The summed E-state index contributed by atoms with van der Waals surface area (Å²) in [6.07, 6.45) is -1.33. The molecule has 2 rings (SSSR count). The molecule has 0 heterocycles. The monoisotopic (exact) mass is 352 g/mol. The number of hydrogen-bond donors (Lipinski definition) is 0. The van der Waals surface area contributed by atoms with Gasteiger partial charge in [0.2, 0.25) is 0 Å². The van der Waals surface area contributed by atoms with Crippen molar-refractivity contribution in [2.24, 2.45) is 0 Å². The van der Waals surface area contributed by atoms with Gasteiger partial charge in [-0.15, -0.1) is 0 Å². The fourth-order valence-corrected chi connectivity index (χ4v) is 2.42. The molecule has 0 bridgehead atoms. The minimum Gasteiger partial charge on any atom is -0.461 e. The van der Waals surface area contributed by atoms with Crippen LogP contribution in [0.5, 0.6) is 0 Å². The van der Waals surface area contributed by atoms with Gasteiger partial charge in [0.05, 0.1) is 10.4 Å². The van der Waals surface area contributed by atoms with E-state index in [1.807, 2.05) is 30.3 Å². The number of alkyl halides is 2. The van der Waals surface area contributed by atoms with E-state index in [1.54, 1.807) is 12.1 Å². The second kappa shape index (κ2) is 7.31. The van der Waals surface area contributed by atoms with E-state index >= 15 is 0 Å². The molecule has 0 fully saturated rings. The first kappa shape index (κ1) is 15.6. The standard InChI is InChI=1S/C16H14BrFO3/c17-14(8-15(18)9-19)10-21-16(20)13-6-5-11-3-1-2-4-12(11)7-13/h1-7,9,14-15H,8,10H2/t14-,15+/m1/s1. The van der Waals surface area contributed by atoms with Crippen molar-refractivity contribution in [2.45, 2.75) is 17.4 Å². The van der Waals surface area contributed by atoms with Gasteiger partial charge in [-0.3, -0.25) is 0 Å². The lowest BCUT2D eigenvalue weighted by Gasteiger charge is -2.11. The van der Waals surface area contributed by atoms with Crippen LogP contribution in [0.3, 0.4) is 0 Å². The third-order valence-electron chi connectivity index (χ3n) is 3.01. The van der Waals surface area contributed by atoms with Crippen molar-refractivity contribution < 1.29 is 18.7 Å². The highest BCUT2D eigenvalue weighted by molar-refractivity contribution is 9.09. The van der Waals surface area contributed by atoms with Crippen molar-refractivity contribution in [3.63, 3.8) is 0 Å². The van der Waals surface area contributed by atoms with Crippen LogP contribution in [-0.4, -0.2) is 29.9 Å². The Morgan fingerprint density at radius 3 is 2.67 bits per heavy atom. The molecule has 5 heteroatoms. The number of fused-ring (bicyclic) bond motifs is 1. The summed E-state index contributed by atoms with van der Waals surface area (Å²) in [5.41, 5.74) is 0.445. The molecule has 0 unspecified atom stereocenters. The van der Waals surface area contributed by atoms with Crippen LogP contribution in [0, 0.1) is 0 Å². The van der Waals surface area contributed by atoms with Crippen LogP contribution in [0.25, 0.3) is 10.8 Å². The summed E-state index contributed by atoms with van der Waals surface area (Å²) >= 11 is 3.18. The zero-order valence-electron chi connectivity index (χ0n) is 11.2. The average molecular weight is 353 g/mol. The molecule has 0 aliphatic heterocycles. The molecular formula is C16H14BrFO3. The van der Waals surface area contributed by atoms with Crippen molar-refractivity contribution in [3.8, 4) is 0 Å². The Kier molecular flexibility index (Phi) is 5.44. The van der Waals surface area contributed by atoms with E-state index < -0.39 is 12.1 Å². The molecule has 21 heavy (non-hydrogen) atoms. The summed E-state index contributed by atoms with van der Waals surface area (Å²) in [7, 11) is 0. The zero-order chi connectivity index (χ0) is 15.2. The van der Waals surface area contributed by atoms with Gasteiger partial charge in [-0.25, -0.2) is 9.18 Å². The lowest BCUT2D eigenvalue weighted by molar-refractivity contribution is -0.112. The normalized spacial score (nSPS) is 13.6. The van der Waals surface area contributed by atoms with E-state index in [4.69, 9.17) is 4.74 Å². The van der Waals surface area contributed by atoms with E-state index in [0.717, 1.165) is 10.8 Å². The van der Waals surface area contributed by atoms with Gasteiger partial charge in [-0.1, -0.05) is 46.3 Å². The fraction of sp³-hybridized carbons (Fsp3) is 0.250. The predicted octanol–water partition coefficient (Wildman–Crippen LogP) is 3.69. The molecule has 0 aliphatic carbocycles. The molecule has 3 nitrogen and oxygen atoms in total. The summed E-state index contributed by atoms with van der Waals surface area (Å²) < 4.78 is 18.0. The van der Waals surface area contributed by atoms with Crippen molar-refractivity contribution in [2.75, 3.05) is 6.61 Å². The van der Waals surface area contributed by atoms with Gasteiger partial charge >= 0.3 is 5.97 Å². The SMILES string of the molecule is O=C[C@@H](F)C[C@@H](Br)COC(=O)c1ccc2ccccc2c1. The van der Waals surface area contributed by atoms with Crippen LogP contribution in [-0.2, 0) is 9.53 Å². The molecule has 2 aromatic rings. The first-order chi connectivity index (χ1) is 10.1. The molecule has 0 N–H and O–H groups in total. The highest BCUT2D eigenvalue weighted by atomic mass is 79.9. The highest BCUT2D eigenvalue weighted by Gasteiger charge is 2.15. The summed E-state index contributed by atoms with van der Waals surface area (Å²) in [5, 5.41) is 1.99. The number of halogens is 2. The Morgan fingerprint density at radius 2 is 1.95 bits per heavy atom. The number of hydrogen-bond acceptors (Lipinski definition) is 3. The Labute approximate surface area is 130 Å². The maximum Gasteiger partial charge on any atom is 0.338 e. The molecule has 0 saturated carbocycles. The molecular weight excluding hydrogens is 339 g/mol. The van der Waals surface area contributed by atoms with E-state index in [-0.39, 0.29) is 24.1 Å². The number of aldehydes is 1. The first-order valence-corrected chi connectivity index (χ1v) is 7.41. The third-order valence-corrected chi connectivity index (χ3v) is 3.65. The van der Waals surface area contributed by atoms with Crippen LogP contribution in [0.15, 0.2) is 42.5 Å². The summed E-state index contributed by atoms with van der Waals surface area (Å²) in [6, 6.07) is 13.0. The number of carbonyl (C=O) groups is 2. The van der Waals surface area contributed by atoms with Crippen molar-refractivity contribution in [1.82, 2.24) is 0 Å². The molecule has 0 aliphatic rings. The zero-order valence-corrected chi connectivity index (χ0v) is 12.8. The number of esters is 1. The minimum atomic E-state index is -1.55. The maximum absolute atomic E-state index is 12.9. The Hall–Kier alpha value is -1.75. The minimum absolute atomic E-state index is 0.0138. The second-order valence-electron chi connectivity index (χ2n) is 4.65. The van der Waals surface area contributed by atoms with Crippen LogP contribution >= 0.6 is 15.9 Å². The van der Waals surface area contributed by atoms with Crippen molar-refractivity contribution in [1.29, 1.82) is 0 Å². The lowest BCUT2D eigenvalue weighted by atomic mass is 10.1. The summed E-state index contributed by atoms with van der Waals surface area (Å²) in [6.45, 7) is 0.0138. The highest BCUT2D eigenvalue weighted by Crippen LogP contribution is 2.17. The number of ether oxygens (including phenoxy) is 1. The van der Waals surface area contributed by atoms with Gasteiger partial charge in [0.25, 0.3) is 0 Å². The van der Waals surface area contributed by atoms with Crippen LogP contribution in [0.2, 0.25) is 0 Å². The third kappa shape index (κ3) is 4.36. The smallest absolute Gasteiger partial charge is 0.338 e. The van der Waals surface area contributed by atoms with Gasteiger partial charge in [-0.05, 0) is 22.9 Å². The number of carbonyl (C=O) groups excluding carboxylic acids is 2. The van der Waals surface area contributed by atoms with Gasteiger partial charge in [0.1, 0.15) is 6.61 Å². The van der Waals surface area contributed by atoms with Crippen molar-refractivity contribution in [3.05, 3.63) is 48.0 Å². The molecule has 0 aromatic heterocycles. The van der Waals surface area contributed by atoms with Crippen LogP contribution in [0.1, 0.15) is 16.8 Å².